The van der Waals surface area contributed by atoms with Crippen LogP contribution in [0.2, 0.25) is 0 Å². The highest BCUT2D eigenvalue weighted by Crippen LogP contribution is 2.23. The highest BCUT2D eigenvalue weighted by molar-refractivity contribution is 5.90. The number of amides is 1. The Morgan fingerprint density at radius 2 is 2.19 bits per heavy atom. The number of fused-ring (bicyclic) bond motifs is 1. The molecular formula is C20H20N4O3. The number of nitrogens with zero attached hydrogens (tertiary/aromatic N) is 2. The number of rotatable bonds is 5. The lowest BCUT2D eigenvalue weighted by Crippen LogP contribution is -2.39. The molecule has 0 aliphatic carbocycles. The van der Waals surface area contributed by atoms with E-state index in [1.807, 2.05) is 30.3 Å². The average Bonchev–Trinajstić information content (AvgIpc) is 3.22. The van der Waals surface area contributed by atoms with Gasteiger partial charge < -0.3 is 19.9 Å². The Morgan fingerprint density at radius 1 is 1.30 bits per heavy atom. The summed E-state index contributed by atoms with van der Waals surface area (Å²) in [6.07, 6.45) is 0.995. The van der Waals surface area contributed by atoms with Crippen molar-refractivity contribution in [2.24, 2.45) is 0 Å². The lowest BCUT2D eigenvalue weighted by molar-refractivity contribution is 0.0935. The molecule has 27 heavy (non-hydrogen) atoms. The van der Waals surface area contributed by atoms with E-state index in [4.69, 9.17) is 9.26 Å². The van der Waals surface area contributed by atoms with Crippen LogP contribution in [0, 0.1) is 0 Å². The van der Waals surface area contributed by atoms with Gasteiger partial charge in [-0.15, -0.1) is 0 Å². The number of nitrogens with one attached hydrogen (secondary N) is 2. The fourth-order valence-electron chi connectivity index (χ4n) is 3.24. The summed E-state index contributed by atoms with van der Waals surface area (Å²) in [5.74, 6) is 0.605. The molecule has 0 saturated heterocycles. The molecule has 0 fully saturated rings. The maximum Gasteiger partial charge on any atom is 0.292 e. The number of carbonyl (C=O) groups excluding carboxylic acids is 1. The Kier molecular flexibility index (Phi) is 4.84. The van der Waals surface area contributed by atoms with Gasteiger partial charge in [0.05, 0.1) is 7.11 Å². The van der Waals surface area contributed by atoms with Gasteiger partial charge in [-0.3, -0.25) is 4.79 Å². The van der Waals surface area contributed by atoms with E-state index in [1.165, 1.54) is 11.1 Å². The van der Waals surface area contributed by atoms with Crippen LogP contribution < -0.4 is 15.4 Å². The van der Waals surface area contributed by atoms with Crippen LogP contribution in [-0.2, 0) is 6.42 Å². The lowest BCUT2D eigenvalue weighted by atomic mass is 9.94. The number of benzene rings is 2. The number of aromatic nitrogens is 2. The molecule has 4 rings (SSSR count). The molecule has 0 saturated carbocycles. The Bertz CT molecular complexity index is 954. The Labute approximate surface area is 156 Å². The van der Waals surface area contributed by atoms with Crippen LogP contribution in [0.25, 0.3) is 11.5 Å². The van der Waals surface area contributed by atoms with Gasteiger partial charge in [0.25, 0.3) is 17.6 Å². The molecule has 0 bridgehead atoms. The standard InChI is InChI=1S/C20H20N4O3/c1-26-15-7-4-6-14(11-15)20-23-18(24-27-20)19(25)22-12-17-16-8-3-2-5-13(16)9-10-21-17/h2-8,11,17,21H,9-10,12H2,1H3,(H,22,25). The van der Waals surface area contributed by atoms with Crippen molar-refractivity contribution in [1.29, 1.82) is 0 Å². The quantitative estimate of drug-likeness (QED) is 0.722. The third-order valence-corrected chi connectivity index (χ3v) is 4.63. The molecule has 138 valence electrons. The zero-order chi connectivity index (χ0) is 18.6. The van der Waals surface area contributed by atoms with E-state index in [-0.39, 0.29) is 23.7 Å². The third-order valence-electron chi connectivity index (χ3n) is 4.63. The average molecular weight is 364 g/mol. The van der Waals surface area contributed by atoms with Crippen LogP contribution in [-0.4, -0.2) is 36.2 Å². The topological polar surface area (TPSA) is 89.3 Å². The normalized spacial score (nSPS) is 15.8. The molecule has 7 nitrogen and oxygen atoms in total. The van der Waals surface area contributed by atoms with Gasteiger partial charge in [0, 0.05) is 18.2 Å². The van der Waals surface area contributed by atoms with Gasteiger partial charge in [-0.1, -0.05) is 35.5 Å². The maximum atomic E-state index is 12.4. The number of methoxy groups -OCH3 is 1. The first-order chi connectivity index (χ1) is 13.2. The molecule has 1 aromatic heterocycles. The summed E-state index contributed by atoms with van der Waals surface area (Å²) >= 11 is 0. The summed E-state index contributed by atoms with van der Waals surface area (Å²) in [5.41, 5.74) is 3.23. The van der Waals surface area contributed by atoms with E-state index in [9.17, 15) is 4.79 Å². The SMILES string of the molecule is COc1cccc(-c2nc(C(=O)NCC3NCCc4ccccc43)no2)c1. The molecule has 0 spiro atoms. The first kappa shape index (κ1) is 17.2. The van der Waals surface area contributed by atoms with Crippen molar-refractivity contribution >= 4 is 5.91 Å². The van der Waals surface area contributed by atoms with E-state index < -0.39 is 0 Å². The van der Waals surface area contributed by atoms with E-state index in [1.54, 1.807) is 13.2 Å². The summed E-state index contributed by atoms with van der Waals surface area (Å²) in [6.45, 7) is 1.35. The van der Waals surface area contributed by atoms with E-state index in [2.05, 4.69) is 32.9 Å². The van der Waals surface area contributed by atoms with Crippen molar-refractivity contribution in [3.05, 3.63) is 65.5 Å². The van der Waals surface area contributed by atoms with Crippen LogP contribution in [0.5, 0.6) is 5.75 Å². The highest BCUT2D eigenvalue weighted by atomic mass is 16.5. The van der Waals surface area contributed by atoms with Crippen LogP contribution >= 0.6 is 0 Å². The summed E-state index contributed by atoms with van der Waals surface area (Å²) in [6, 6.07) is 15.6. The molecular weight excluding hydrogens is 344 g/mol. The Hall–Kier alpha value is -3.19. The van der Waals surface area contributed by atoms with Gasteiger partial charge in [0.15, 0.2) is 0 Å². The number of ether oxygens (including phenoxy) is 1. The molecule has 3 aromatic rings. The summed E-state index contributed by atoms with van der Waals surface area (Å²) in [5, 5.41) is 10.1. The van der Waals surface area contributed by atoms with Crippen molar-refractivity contribution in [3.8, 4) is 17.2 Å². The van der Waals surface area contributed by atoms with Crippen molar-refractivity contribution in [1.82, 2.24) is 20.8 Å². The summed E-state index contributed by atoms with van der Waals surface area (Å²) < 4.78 is 10.4. The van der Waals surface area contributed by atoms with Crippen LogP contribution in [0.1, 0.15) is 27.8 Å². The predicted octanol–water partition coefficient (Wildman–Crippen LogP) is 2.36. The second-order valence-corrected chi connectivity index (χ2v) is 6.32. The first-order valence-corrected chi connectivity index (χ1v) is 8.82. The first-order valence-electron chi connectivity index (χ1n) is 8.82. The molecule has 2 aromatic carbocycles. The predicted molar refractivity (Wildman–Crippen MR) is 99.5 cm³/mol. The van der Waals surface area contributed by atoms with Gasteiger partial charge in [0.2, 0.25) is 0 Å². The van der Waals surface area contributed by atoms with Crippen LogP contribution in [0.4, 0.5) is 0 Å². The van der Waals surface area contributed by atoms with Crippen LogP contribution in [0.3, 0.4) is 0 Å². The van der Waals surface area contributed by atoms with E-state index >= 15 is 0 Å². The molecule has 2 heterocycles. The molecule has 2 N–H and O–H groups in total. The summed E-state index contributed by atoms with van der Waals surface area (Å²) in [4.78, 5) is 16.6. The van der Waals surface area contributed by atoms with Gasteiger partial charge in [-0.25, -0.2) is 0 Å². The fourth-order valence-corrected chi connectivity index (χ4v) is 3.24. The number of hydrogen-bond acceptors (Lipinski definition) is 6. The van der Waals surface area contributed by atoms with Crippen molar-refractivity contribution < 1.29 is 14.1 Å². The van der Waals surface area contributed by atoms with Gasteiger partial charge in [-0.2, -0.15) is 4.98 Å². The van der Waals surface area contributed by atoms with Crippen LogP contribution in [0.15, 0.2) is 53.1 Å². The van der Waals surface area contributed by atoms with Gasteiger partial charge in [0.1, 0.15) is 5.75 Å². The zero-order valence-electron chi connectivity index (χ0n) is 14.9. The second-order valence-electron chi connectivity index (χ2n) is 6.32. The largest absolute Gasteiger partial charge is 0.497 e. The number of hydrogen-bond donors (Lipinski definition) is 2. The monoisotopic (exact) mass is 364 g/mol. The molecule has 1 amide bonds. The third kappa shape index (κ3) is 3.68. The van der Waals surface area contributed by atoms with E-state index in [0.29, 0.717) is 17.9 Å². The molecule has 0 radical (unpaired) electrons. The molecule has 1 unspecified atom stereocenters. The lowest BCUT2D eigenvalue weighted by Gasteiger charge is -2.26. The second kappa shape index (κ2) is 7.59. The van der Waals surface area contributed by atoms with Gasteiger partial charge >= 0.3 is 0 Å². The summed E-state index contributed by atoms with van der Waals surface area (Å²) in [7, 11) is 1.59. The maximum absolute atomic E-state index is 12.4. The fraction of sp³-hybridized carbons (Fsp3) is 0.250. The van der Waals surface area contributed by atoms with Crippen molar-refractivity contribution in [3.63, 3.8) is 0 Å². The molecule has 1 aliphatic heterocycles. The zero-order valence-corrected chi connectivity index (χ0v) is 14.9. The molecule has 1 atom stereocenters. The highest BCUT2D eigenvalue weighted by Gasteiger charge is 2.21. The Balaban J connectivity index is 1.43. The smallest absolute Gasteiger partial charge is 0.292 e. The molecule has 1 aliphatic rings. The minimum absolute atomic E-state index is 0.0110. The minimum Gasteiger partial charge on any atom is -0.497 e. The Morgan fingerprint density at radius 3 is 3.07 bits per heavy atom. The van der Waals surface area contributed by atoms with Gasteiger partial charge in [-0.05, 0) is 42.3 Å². The number of carbonyl (C=O) groups is 1. The van der Waals surface area contributed by atoms with E-state index in [0.717, 1.165) is 13.0 Å². The minimum atomic E-state index is -0.363. The van der Waals surface area contributed by atoms with Crippen molar-refractivity contribution in [2.45, 2.75) is 12.5 Å². The molecule has 7 heteroatoms. The van der Waals surface area contributed by atoms with Crippen molar-refractivity contribution in [2.75, 3.05) is 20.2 Å².